The summed E-state index contributed by atoms with van der Waals surface area (Å²) in [5.74, 6) is 0.0809. The molecule has 21 heavy (non-hydrogen) atoms. The average Bonchev–Trinajstić information content (AvgIpc) is 3.28. The Kier molecular flexibility index (Phi) is 3.37. The molecule has 108 valence electrons. The lowest BCUT2D eigenvalue weighted by molar-refractivity contribution is -0.123. The molecule has 4 nitrogen and oxygen atoms in total. The Morgan fingerprint density at radius 1 is 1.29 bits per heavy atom. The highest BCUT2D eigenvalue weighted by molar-refractivity contribution is 5.91. The maximum Gasteiger partial charge on any atom is 0.230 e. The van der Waals surface area contributed by atoms with Gasteiger partial charge in [-0.15, -0.1) is 0 Å². The number of nitrogen functional groups attached to an aromatic ring is 1. The fourth-order valence-electron chi connectivity index (χ4n) is 2.61. The van der Waals surface area contributed by atoms with Crippen molar-refractivity contribution in [1.82, 2.24) is 10.3 Å². The molecule has 0 spiro atoms. The predicted molar refractivity (Wildman–Crippen MR) is 82.6 cm³/mol. The Morgan fingerprint density at radius 3 is 2.62 bits per heavy atom. The van der Waals surface area contributed by atoms with Crippen molar-refractivity contribution in [3.05, 3.63) is 59.4 Å². The largest absolute Gasteiger partial charge is 0.399 e. The first-order valence-electron chi connectivity index (χ1n) is 7.17. The quantitative estimate of drug-likeness (QED) is 0.845. The van der Waals surface area contributed by atoms with Crippen LogP contribution in [0.15, 0.2) is 42.6 Å². The Morgan fingerprint density at radius 2 is 2.00 bits per heavy atom. The van der Waals surface area contributed by atoms with Crippen LogP contribution >= 0.6 is 0 Å². The molecular formula is C17H19N3O. The van der Waals surface area contributed by atoms with E-state index in [4.69, 9.17) is 5.73 Å². The van der Waals surface area contributed by atoms with E-state index in [1.165, 1.54) is 0 Å². The number of nitrogens with two attached hydrogens (primary N) is 1. The lowest BCUT2D eigenvalue weighted by Crippen LogP contribution is -2.34. The first-order valence-corrected chi connectivity index (χ1v) is 7.17. The Balaban J connectivity index is 1.71. The van der Waals surface area contributed by atoms with Crippen molar-refractivity contribution < 1.29 is 4.79 Å². The van der Waals surface area contributed by atoms with Gasteiger partial charge < -0.3 is 11.1 Å². The first kappa shape index (κ1) is 13.6. The molecule has 1 aliphatic carbocycles. The lowest BCUT2D eigenvalue weighted by Gasteiger charge is -2.16. The number of amides is 1. The number of anilines is 1. The third-order valence-corrected chi connectivity index (χ3v) is 4.18. The summed E-state index contributed by atoms with van der Waals surface area (Å²) in [6.45, 7) is 2.48. The van der Waals surface area contributed by atoms with E-state index in [2.05, 4.69) is 10.3 Å². The van der Waals surface area contributed by atoms with Crippen LogP contribution in [0.25, 0.3) is 0 Å². The number of pyridine rings is 1. The van der Waals surface area contributed by atoms with Gasteiger partial charge in [0.05, 0.1) is 17.7 Å². The minimum atomic E-state index is -0.365. The SMILES string of the molecule is Cc1cccnc1CNC(=O)C1(c2ccc(N)cc2)CC1. The van der Waals surface area contributed by atoms with Crippen LogP contribution in [0, 0.1) is 6.92 Å². The molecule has 0 aliphatic heterocycles. The summed E-state index contributed by atoms with van der Waals surface area (Å²) in [6.07, 6.45) is 3.54. The normalized spacial score (nSPS) is 15.5. The molecule has 1 aliphatic rings. The summed E-state index contributed by atoms with van der Waals surface area (Å²) in [6, 6.07) is 11.5. The van der Waals surface area contributed by atoms with Gasteiger partial charge in [-0.25, -0.2) is 0 Å². The number of hydrogen-bond donors (Lipinski definition) is 2. The number of nitrogens with one attached hydrogen (secondary N) is 1. The van der Waals surface area contributed by atoms with Crippen molar-refractivity contribution in [1.29, 1.82) is 0 Å². The molecular weight excluding hydrogens is 262 g/mol. The summed E-state index contributed by atoms with van der Waals surface area (Å²) in [5, 5.41) is 3.02. The van der Waals surface area contributed by atoms with Crippen LogP contribution < -0.4 is 11.1 Å². The van der Waals surface area contributed by atoms with Crippen molar-refractivity contribution in [3.63, 3.8) is 0 Å². The molecule has 0 unspecified atom stereocenters. The van der Waals surface area contributed by atoms with E-state index in [0.717, 1.165) is 35.3 Å². The van der Waals surface area contributed by atoms with Crippen LogP contribution in [0.3, 0.4) is 0 Å². The van der Waals surface area contributed by atoms with Gasteiger partial charge in [0.1, 0.15) is 0 Å². The zero-order valence-corrected chi connectivity index (χ0v) is 12.1. The van der Waals surface area contributed by atoms with Crippen molar-refractivity contribution >= 4 is 11.6 Å². The minimum absolute atomic E-state index is 0.0809. The average molecular weight is 281 g/mol. The van der Waals surface area contributed by atoms with E-state index >= 15 is 0 Å². The van der Waals surface area contributed by atoms with Crippen LogP contribution in [0.4, 0.5) is 5.69 Å². The molecule has 2 aromatic rings. The van der Waals surface area contributed by atoms with Gasteiger partial charge in [-0.3, -0.25) is 9.78 Å². The minimum Gasteiger partial charge on any atom is -0.399 e. The van der Waals surface area contributed by atoms with Gasteiger partial charge in [-0.05, 0) is 49.1 Å². The number of nitrogens with zero attached hydrogens (tertiary/aromatic N) is 1. The molecule has 3 N–H and O–H groups in total. The molecule has 1 heterocycles. The van der Waals surface area contributed by atoms with Gasteiger partial charge >= 0.3 is 0 Å². The summed E-state index contributed by atoms with van der Waals surface area (Å²) in [7, 11) is 0. The monoisotopic (exact) mass is 281 g/mol. The molecule has 1 saturated carbocycles. The van der Waals surface area contributed by atoms with E-state index in [1.54, 1.807) is 6.20 Å². The highest BCUT2D eigenvalue weighted by atomic mass is 16.2. The van der Waals surface area contributed by atoms with E-state index in [0.29, 0.717) is 6.54 Å². The van der Waals surface area contributed by atoms with Crippen LogP contribution in [0.5, 0.6) is 0 Å². The topological polar surface area (TPSA) is 68.0 Å². The third kappa shape index (κ3) is 2.61. The van der Waals surface area contributed by atoms with Crippen LogP contribution in [0.1, 0.15) is 29.7 Å². The fourth-order valence-corrected chi connectivity index (χ4v) is 2.61. The van der Waals surface area contributed by atoms with Gasteiger partial charge in [0.25, 0.3) is 0 Å². The molecule has 0 saturated heterocycles. The highest BCUT2D eigenvalue weighted by Crippen LogP contribution is 2.48. The molecule has 1 amide bonds. The molecule has 4 heteroatoms. The molecule has 0 atom stereocenters. The number of benzene rings is 1. The number of rotatable bonds is 4. The van der Waals surface area contributed by atoms with Gasteiger partial charge in [0, 0.05) is 11.9 Å². The fraction of sp³-hybridized carbons (Fsp3) is 0.294. The van der Waals surface area contributed by atoms with Crippen LogP contribution in [0.2, 0.25) is 0 Å². The predicted octanol–water partition coefficient (Wildman–Crippen LogP) is 2.32. The maximum atomic E-state index is 12.5. The lowest BCUT2D eigenvalue weighted by atomic mass is 9.94. The smallest absolute Gasteiger partial charge is 0.230 e. The van der Waals surface area contributed by atoms with Gasteiger partial charge in [0.15, 0.2) is 0 Å². The standard InChI is InChI=1S/C17H19N3O/c1-12-3-2-10-19-15(12)11-20-16(21)17(8-9-17)13-4-6-14(18)7-5-13/h2-7,10H,8-9,11,18H2,1H3,(H,20,21). The van der Waals surface area contributed by atoms with E-state index < -0.39 is 0 Å². The number of carbonyl (C=O) groups excluding carboxylic acids is 1. The van der Waals surface area contributed by atoms with Crippen molar-refractivity contribution in [3.8, 4) is 0 Å². The summed E-state index contributed by atoms with van der Waals surface area (Å²) in [5.41, 5.74) is 9.12. The molecule has 1 fully saturated rings. The highest BCUT2D eigenvalue weighted by Gasteiger charge is 2.51. The zero-order chi connectivity index (χ0) is 14.9. The summed E-state index contributed by atoms with van der Waals surface area (Å²) >= 11 is 0. The number of aryl methyl sites for hydroxylation is 1. The first-order chi connectivity index (χ1) is 10.1. The van der Waals surface area contributed by atoms with Gasteiger partial charge in [-0.1, -0.05) is 18.2 Å². The number of hydrogen-bond acceptors (Lipinski definition) is 3. The molecule has 1 aromatic heterocycles. The van der Waals surface area contributed by atoms with Gasteiger partial charge in [0.2, 0.25) is 5.91 Å². The second kappa shape index (κ2) is 5.20. The van der Waals surface area contributed by atoms with E-state index in [9.17, 15) is 4.79 Å². The van der Waals surface area contributed by atoms with Gasteiger partial charge in [-0.2, -0.15) is 0 Å². The molecule has 3 rings (SSSR count). The number of aromatic nitrogens is 1. The van der Waals surface area contributed by atoms with Crippen LogP contribution in [-0.2, 0) is 16.8 Å². The van der Waals surface area contributed by atoms with E-state index in [-0.39, 0.29) is 11.3 Å². The van der Waals surface area contributed by atoms with Crippen LogP contribution in [-0.4, -0.2) is 10.9 Å². The Labute approximate surface area is 124 Å². The Bertz CT molecular complexity index is 660. The van der Waals surface area contributed by atoms with Crippen molar-refractivity contribution in [2.24, 2.45) is 0 Å². The molecule has 1 aromatic carbocycles. The molecule has 0 radical (unpaired) electrons. The summed E-state index contributed by atoms with van der Waals surface area (Å²) in [4.78, 5) is 16.8. The van der Waals surface area contributed by atoms with E-state index in [1.807, 2.05) is 43.3 Å². The summed E-state index contributed by atoms with van der Waals surface area (Å²) < 4.78 is 0. The molecule has 0 bridgehead atoms. The second-order valence-corrected chi connectivity index (χ2v) is 5.65. The maximum absolute atomic E-state index is 12.5. The van der Waals surface area contributed by atoms with Crippen molar-refractivity contribution in [2.45, 2.75) is 31.7 Å². The van der Waals surface area contributed by atoms with Crippen molar-refractivity contribution in [2.75, 3.05) is 5.73 Å². The second-order valence-electron chi connectivity index (χ2n) is 5.65. The third-order valence-electron chi connectivity index (χ3n) is 4.18. The Hall–Kier alpha value is -2.36. The number of carbonyl (C=O) groups is 1. The zero-order valence-electron chi connectivity index (χ0n) is 12.1.